The quantitative estimate of drug-likeness (QED) is 0.805. The Balaban J connectivity index is 2.16. The first kappa shape index (κ1) is 11.6. The Labute approximate surface area is 109 Å². The highest BCUT2D eigenvalue weighted by Gasteiger charge is 2.59. The predicted molar refractivity (Wildman–Crippen MR) is 68.1 cm³/mol. The largest absolute Gasteiger partial charge is 0.462 e. The van der Waals surface area contributed by atoms with Crippen LogP contribution >= 0.6 is 11.6 Å². The molecule has 1 saturated carbocycles. The van der Waals surface area contributed by atoms with E-state index in [9.17, 15) is 4.39 Å². The van der Waals surface area contributed by atoms with Crippen LogP contribution in [0.2, 0.25) is 5.02 Å². The van der Waals surface area contributed by atoms with Crippen LogP contribution in [0.5, 0.6) is 0 Å². The number of hydrogen-bond donors (Lipinski definition) is 2. The summed E-state index contributed by atoms with van der Waals surface area (Å²) in [7, 11) is 0. The summed E-state index contributed by atoms with van der Waals surface area (Å²) < 4.78 is 19.0. The maximum absolute atomic E-state index is 13.7. The van der Waals surface area contributed by atoms with Gasteiger partial charge in [-0.3, -0.25) is 0 Å². The summed E-state index contributed by atoms with van der Waals surface area (Å²) >= 11 is 6.16. The van der Waals surface area contributed by atoms with E-state index in [4.69, 9.17) is 27.8 Å². The zero-order chi connectivity index (χ0) is 12.9. The summed E-state index contributed by atoms with van der Waals surface area (Å²) in [4.78, 5) is 4.18. The van der Waals surface area contributed by atoms with Gasteiger partial charge in [0, 0.05) is 22.2 Å². The Morgan fingerprint density at radius 3 is 3.00 bits per heavy atom. The topological polar surface area (TPSA) is 73.6 Å². The van der Waals surface area contributed by atoms with Crippen LogP contribution in [0.25, 0.3) is 0 Å². The molecule has 6 heteroatoms. The minimum absolute atomic E-state index is 0.0184. The number of alkyl halides is 1. The lowest BCUT2D eigenvalue weighted by molar-refractivity contribution is 0.171. The molecule has 0 saturated heterocycles. The molecule has 1 fully saturated rings. The molecular formula is C12H13ClFN3O. The SMILES string of the molecule is NC1=NC(CF)(c2cc(N)ccc2Cl)C2CC2O1. The number of nitrogens with zero attached hydrogens (tertiary/aromatic N) is 1. The number of ether oxygens (including phenoxy) is 1. The maximum Gasteiger partial charge on any atom is 0.283 e. The minimum Gasteiger partial charge on any atom is -0.462 e. The first-order chi connectivity index (χ1) is 8.56. The lowest BCUT2D eigenvalue weighted by atomic mass is 9.86. The van der Waals surface area contributed by atoms with Gasteiger partial charge in [0.25, 0.3) is 6.02 Å². The zero-order valence-electron chi connectivity index (χ0n) is 9.57. The molecule has 1 aliphatic carbocycles. The van der Waals surface area contributed by atoms with Gasteiger partial charge >= 0.3 is 0 Å². The van der Waals surface area contributed by atoms with Crippen molar-refractivity contribution in [3.05, 3.63) is 28.8 Å². The summed E-state index contributed by atoms with van der Waals surface area (Å²) in [6, 6.07) is 5.01. The van der Waals surface area contributed by atoms with Crippen LogP contribution < -0.4 is 11.5 Å². The van der Waals surface area contributed by atoms with Crippen molar-refractivity contribution in [3.63, 3.8) is 0 Å². The summed E-state index contributed by atoms with van der Waals surface area (Å²) in [6.07, 6.45) is 0.676. The van der Waals surface area contributed by atoms with Gasteiger partial charge in [-0.1, -0.05) is 11.6 Å². The van der Waals surface area contributed by atoms with Gasteiger partial charge in [0.2, 0.25) is 0 Å². The van der Waals surface area contributed by atoms with Crippen LogP contribution in [-0.2, 0) is 10.3 Å². The molecule has 1 heterocycles. The molecule has 0 spiro atoms. The van der Waals surface area contributed by atoms with Gasteiger partial charge in [-0.25, -0.2) is 9.38 Å². The van der Waals surface area contributed by atoms with Crippen LogP contribution in [-0.4, -0.2) is 18.8 Å². The van der Waals surface area contributed by atoms with Crippen molar-refractivity contribution in [1.82, 2.24) is 0 Å². The average Bonchev–Trinajstić information content (AvgIpc) is 3.10. The third kappa shape index (κ3) is 1.54. The van der Waals surface area contributed by atoms with E-state index >= 15 is 0 Å². The number of aliphatic imine (C=N–C) groups is 1. The van der Waals surface area contributed by atoms with Crippen LogP contribution in [0.3, 0.4) is 0 Å². The van der Waals surface area contributed by atoms with Crippen LogP contribution in [0.1, 0.15) is 12.0 Å². The van der Waals surface area contributed by atoms with Gasteiger partial charge in [0.05, 0.1) is 0 Å². The number of hydrogen-bond acceptors (Lipinski definition) is 4. The van der Waals surface area contributed by atoms with Crippen molar-refractivity contribution in [2.75, 3.05) is 12.4 Å². The smallest absolute Gasteiger partial charge is 0.283 e. The molecule has 1 aliphatic heterocycles. The Bertz CT molecular complexity index is 536. The first-order valence-corrected chi connectivity index (χ1v) is 6.08. The third-order valence-corrected chi connectivity index (χ3v) is 3.92. The molecule has 3 rings (SSSR count). The van der Waals surface area contributed by atoms with E-state index in [1.165, 1.54) is 0 Å². The van der Waals surface area contributed by atoms with Gasteiger partial charge < -0.3 is 16.2 Å². The highest BCUT2D eigenvalue weighted by Crippen LogP contribution is 2.54. The second kappa shape index (κ2) is 3.75. The van der Waals surface area contributed by atoms with Crippen molar-refractivity contribution < 1.29 is 9.13 Å². The van der Waals surface area contributed by atoms with E-state index in [0.29, 0.717) is 16.3 Å². The van der Waals surface area contributed by atoms with Gasteiger partial charge in [0.15, 0.2) is 0 Å². The van der Waals surface area contributed by atoms with E-state index < -0.39 is 12.2 Å². The summed E-state index contributed by atoms with van der Waals surface area (Å²) in [6.45, 7) is -0.665. The van der Waals surface area contributed by atoms with Crippen LogP contribution in [0.4, 0.5) is 10.1 Å². The van der Waals surface area contributed by atoms with Gasteiger partial charge in [-0.15, -0.1) is 0 Å². The molecule has 0 bridgehead atoms. The number of nitrogen functional groups attached to an aromatic ring is 1. The van der Waals surface area contributed by atoms with Crippen molar-refractivity contribution >= 4 is 23.3 Å². The van der Waals surface area contributed by atoms with E-state index in [2.05, 4.69) is 4.99 Å². The second-order valence-electron chi connectivity index (χ2n) is 4.75. The fraction of sp³-hybridized carbons (Fsp3) is 0.417. The average molecular weight is 270 g/mol. The summed E-state index contributed by atoms with van der Waals surface area (Å²) in [5.41, 5.74) is 11.4. The molecule has 1 aromatic carbocycles. The Kier molecular flexibility index (Phi) is 2.41. The van der Waals surface area contributed by atoms with Crippen molar-refractivity contribution in [3.8, 4) is 0 Å². The molecule has 0 aromatic heterocycles. The van der Waals surface area contributed by atoms with E-state index in [1.54, 1.807) is 18.2 Å². The molecule has 3 atom stereocenters. The lowest BCUT2D eigenvalue weighted by Gasteiger charge is -2.31. The molecule has 0 radical (unpaired) electrons. The first-order valence-electron chi connectivity index (χ1n) is 5.70. The summed E-state index contributed by atoms with van der Waals surface area (Å²) in [5, 5.41) is 0.450. The highest BCUT2D eigenvalue weighted by molar-refractivity contribution is 6.31. The zero-order valence-corrected chi connectivity index (χ0v) is 10.3. The number of nitrogens with two attached hydrogens (primary N) is 2. The van der Waals surface area contributed by atoms with Crippen molar-refractivity contribution in [2.24, 2.45) is 16.6 Å². The van der Waals surface area contributed by atoms with Crippen molar-refractivity contribution in [1.29, 1.82) is 0 Å². The number of rotatable bonds is 2. The summed E-state index contributed by atoms with van der Waals surface area (Å²) in [5.74, 6) is -0.0194. The van der Waals surface area contributed by atoms with Gasteiger partial charge in [-0.05, 0) is 24.6 Å². The standard InChI is InChI=1S/C12H13ClFN3O/c13-9-2-1-6(15)3-7(9)12(5-14)8-4-10(8)18-11(16)17-12/h1-3,8,10H,4-5,15H2,(H2,16,17). The molecule has 0 amide bonds. The normalized spacial score (nSPS) is 33.3. The molecule has 2 aliphatic rings. The number of halogens is 2. The number of amidine groups is 1. The monoisotopic (exact) mass is 269 g/mol. The van der Waals surface area contributed by atoms with Crippen molar-refractivity contribution in [2.45, 2.75) is 18.1 Å². The molecule has 3 unspecified atom stereocenters. The van der Waals surface area contributed by atoms with E-state index in [-0.39, 0.29) is 18.0 Å². The second-order valence-corrected chi connectivity index (χ2v) is 5.15. The van der Waals surface area contributed by atoms with E-state index in [1.807, 2.05) is 0 Å². The highest BCUT2D eigenvalue weighted by atomic mass is 35.5. The minimum atomic E-state index is -1.04. The van der Waals surface area contributed by atoms with Crippen LogP contribution in [0, 0.1) is 5.92 Å². The predicted octanol–water partition coefficient (Wildman–Crippen LogP) is 1.82. The van der Waals surface area contributed by atoms with Crippen LogP contribution in [0.15, 0.2) is 23.2 Å². The Hall–Kier alpha value is -1.49. The molecule has 1 aromatic rings. The molecule has 4 N–H and O–H groups in total. The number of benzene rings is 1. The van der Waals surface area contributed by atoms with Gasteiger partial charge in [0.1, 0.15) is 18.3 Å². The Morgan fingerprint density at radius 2 is 2.28 bits per heavy atom. The molecule has 4 nitrogen and oxygen atoms in total. The molecular weight excluding hydrogens is 257 g/mol. The van der Waals surface area contributed by atoms with Gasteiger partial charge in [-0.2, -0.15) is 0 Å². The molecule has 18 heavy (non-hydrogen) atoms. The number of anilines is 1. The third-order valence-electron chi connectivity index (χ3n) is 3.59. The van der Waals surface area contributed by atoms with E-state index in [0.717, 1.165) is 6.42 Å². The fourth-order valence-corrected chi connectivity index (χ4v) is 2.88. The maximum atomic E-state index is 13.7. The fourth-order valence-electron chi connectivity index (χ4n) is 2.60. The Morgan fingerprint density at radius 1 is 1.50 bits per heavy atom. The molecule has 96 valence electrons. The lowest BCUT2D eigenvalue weighted by Crippen LogP contribution is -2.39. The number of fused-ring (bicyclic) bond motifs is 1.